The van der Waals surface area contributed by atoms with Crippen LogP contribution >= 0.6 is 0 Å². The van der Waals surface area contributed by atoms with Gasteiger partial charge >= 0.3 is 0 Å². The number of carbonyl (C=O) groups is 2. The van der Waals surface area contributed by atoms with Gasteiger partial charge in [-0.3, -0.25) is 14.6 Å². The maximum Gasteiger partial charge on any atom is 0.271 e. The number of fused-ring (bicyclic) bond motifs is 1. The molecular weight excluding hydrogens is 362 g/mol. The highest BCUT2D eigenvalue weighted by atomic mass is 16.2. The summed E-state index contributed by atoms with van der Waals surface area (Å²) in [5.74, 6) is -0.518. The molecule has 0 radical (unpaired) electrons. The van der Waals surface area contributed by atoms with E-state index < -0.39 is 0 Å². The van der Waals surface area contributed by atoms with Crippen LogP contribution in [0.5, 0.6) is 0 Å². The Balaban J connectivity index is 1.61. The molecule has 29 heavy (non-hydrogen) atoms. The Hall–Kier alpha value is -3.86. The molecule has 0 saturated carbocycles. The van der Waals surface area contributed by atoms with Crippen molar-refractivity contribution >= 4 is 23.1 Å². The van der Waals surface area contributed by atoms with Crippen molar-refractivity contribution in [1.29, 1.82) is 0 Å². The number of hydrogen-bond donors (Lipinski definition) is 1. The number of nitrogens with one attached hydrogen (secondary N) is 1. The fourth-order valence-corrected chi connectivity index (χ4v) is 3.22. The number of ketones is 1. The van der Waals surface area contributed by atoms with Crippen molar-refractivity contribution in [3.8, 4) is 0 Å². The molecule has 0 spiro atoms. The van der Waals surface area contributed by atoms with E-state index in [1.807, 2.05) is 60.7 Å². The third-order valence-corrected chi connectivity index (χ3v) is 4.69. The zero-order valence-corrected chi connectivity index (χ0v) is 15.7. The van der Waals surface area contributed by atoms with Crippen LogP contribution in [-0.4, -0.2) is 23.1 Å². The molecule has 1 aliphatic rings. The lowest BCUT2D eigenvalue weighted by Crippen LogP contribution is -2.31. The standard InChI is InChI=1S/C24H19N3O2/c28-22-15-21(25-16-17-9-3-1-4-10-17)19-13-7-8-14-20(19)23(22)26-27-24(29)18-11-5-2-6-12-18/h1-14H,15-16H2,(H,27,29)/b25-21?,26-23+. The number of hydrogen-bond acceptors (Lipinski definition) is 4. The first-order valence-corrected chi connectivity index (χ1v) is 9.35. The fourth-order valence-electron chi connectivity index (χ4n) is 3.22. The molecule has 0 aliphatic heterocycles. The van der Waals surface area contributed by atoms with Crippen LogP contribution in [0.15, 0.2) is 95.0 Å². The predicted octanol–water partition coefficient (Wildman–Crippen LogP) is 3.78. The van der Waals surface area contributed by atoms with Crippen molar-refractivity contribution in [2.24, 2.45) is 10.1 Å². The van der Waals surface area contributed by atoms with Crippen molar-refractivity contribution in [3.05, 3.63) is 107 Å². The highest BCUT2D eigenvalue weighted by Gasteiger charge is 2.27. The van der Waals surface area contributed by atoms with E-state index in [1.165, 1.54) is 0 Å². The lowest BCUT2D eigenvalue weighted by molar-refractivity contribution is -0.111. The monoisotopic (exact) mass is 381 g/mol. The number of carbonyl (C=O) groups excluding carboxylic acids is 2. The number of Topliss-reactive ketones (excluding diaryl/α,β-unsaturated/α-hetero) is 1. The summed E-state index contributed by atoms with van der Waals surface area (Å²) in [7, 11) is 0. The summed E-state index contributed by atoms with van der Waals surface area (Å²) in [6.45, 7) is 0.509. The Labute approximate surface area is 168 Å². The van der Waals surface area contributed by atoms with Crippen LogP contribution in [0.25, 0.3) is 0 Å². The van der Waals surface area contributed by atoms with E-state index in [1.54, 1.807) is 24.3 Å². The molecule has 4 rings (SSSR count). The Kier molecular flexibility index (Phi) is 5.38. The minimum absolute atomic E-state index is 0.157. The minimum atomic E-state index is -0.355. The van der Waals surface area contributed by atoms with Crippen molar-refractivity contribution in [3.63, 3.8) is 0 Å². The zero-order chi connectivity index (χ0) is 20.1. The van der Waals surface area contributed by atoms with Crippen LogP contribution in [0.3, 0.4) is 0 Å². The van der Waals surface area contributed by atoms with Gasteiger partial charge in [0, 0.05) is 16.7 Å². The van der Waals surface area contributed by atoms with E-state index in [0.717, 1.165) is 16.8 Å². The number of hydrazone groups is 1. The Morgan fingerprint density at radius 1 is 0.828 bits per heavy atom. The molecule has 1 N–H and O–H groups in total. The SMILES string of the molecule is O=C1CC(=NCc2ccccc2)c2ccccc2/C1=N\NC(=O)c1ccccc1. The molecule has 0 fully saturated rings. The van der Waals surface area contributed by atoms with Crippen LogP contribution in [0, 0.1) is 0 Å². The third kappa shape index (κ3) is 4.19. The maximum atomic E-state index is 12.8. The molecule has 5 heteroatoms. The first kappa shape index (κ1) is 18.5. The fraction of sp³-hybridized carbons (Fsp3) is 0.0833. The Bertz CT molecular complexity index is 1100. The van der Waals surface area contributed by atoms with Gasteiger partial charge < -0.3 is 0 Å². The van der Waals surface area contributed by atoms with Gasteiger partial charge in [0.15, 0.2) is 5.78 Å². The van der Waals surface area contributed by atoms with Gasteiger partial charge in [-0.05, 0) is 17.7 Å². The second-order valence-electron chi connectivity index (χ2n) is 6.66. The molecule has 3 aromatic rings. The molecular formula is C24H19N3O2. The van der Waals surface area contributed by atoms with Gasteiger partial charge in [-0.15, -0.1) is 0 Å². The molecule has 1 amide bonds. The average molecular weight is 381 g/mol. The summed E-state index contributed by atoms with van der Waals surface area (Å²) in [5, 5.41) is 4.15. The Morgan fingerprint density at radius 3 is 2.17 bits per heavy atom. The molecule has 0 bridgehead atoms. The van der Waals surface area contributed by atoms with E-state index in [2.05, 4.69) is 15.5 Å². The van der Waals surface area contributed by atoms with Gasteiger partial charge in [0.25, 0.3) is 5.91 Å². The highest BCUT2D eigenvalue weighted by Crippen LogP contribution is 2.21. The van der Waals surface area contributed by atoms with E-state index in [0.29, 0.717) is 17.7 Å². The van der Waals surface area contributed by atoms with Crippen LogP contribution in [-0.2, 0) is 11.3 Å². The molecule has 0 saturated heterocycles. The van der Waals surface area contributed by atoms with Gasteiger partial charge in [0.05, 0.1) is 18.7 Å². The van der Waals surface area contributed by atoms with Gasteiger partial charge in [-0.2, -0.15) is 5.10 Å². The predicted molar refractivity (Wildman–Crippen MR) is 113 cm³/mol. The van der Waals surface area contributed by atoms with E-state index in [4.69, 9.17) is 0 Å². The van der Waals surface area contributed by atoms with Crippen LogP contribution in [0.2, 0.25) is 0 Å². The lowest BCUT2D eigenvalue weighted by Gasteiger charge is -2.19. The largest absolute Gasteiger partial charge is 0.292 e. The molecule has 1 aliphatic carbocycles. The van der Waals surface area contributed by atoms with Crippen molar-refractivity contribution in [2.75, 3.05) is 0 Å². The number of nitrogens with zero attached hydrogens (tertiary/aromatic N) is 2. The summed E-state index contributed by atoms with van der Waals surface area (Å²) in [6.07, 6.45) is 0.157. The normalized spacial score (nSPS) is 15.9. The van der Waals surface area contributed by atoms with Crippen molar-refractivity contribution < 1.29 is 9.59 Å². The van der Waals surface area contributed by atoms with Gasteiger partial charge in [0.2, 0.25) is 0 Å². The smallest absolute Gasteiger partial charge is 0.271 e. The van der Waals surface area contributed by atoms with E-state index in [-0.39, 0.29) is 23.8 Å². The van der Waals surface area contributed by atoms with Gasteiger partial charge in [-0.25, -0.2) is 5.43 Å². The van der Waals surface area contributed by atoms with Gasteiger partial charge in [0.1, 0.15) is 5.71 Å². The molecule has 142 valence electrons. The molecule has 3 aromatic carbocycles. The Morgan fingerprint density at radius 2 is 1.45 bits per heavy atom. The highest BCUT2D eigenvalue weighted by molar-refractivity contribution is 6.53. The third-order valence-electron chi connectivity index (χ3n) is 4.69. The molecule has 5 nitrogen and oxygen atoms in total. The summed E-state index contributed by atoms with van der Waals surface area (Å²) in [5.41, 5.74) is 6.62. The second-order valence-corrected chi connectivity index (χ2v) is 6.66. The van der Waals surface area contributed by atoms with E-state index in [9.17, 15) is 9.59 Å². The number of aliphatic imine (C=N–C) groups is 1. The summed E-state index contributed by atoms with van der Waals surface area (Å²) in [4.78, 5) is 29.7. The van der Waals surface area contributed by atoms with Gasteiger partial charge in [-0.1, -0.05) is 72.8 Å². The maximum absolute atomic E-state index is 12.8. The number of amides is 1. The number of rotatable bonds is 4. The summed E-state index contributed by atoms with van der Waals surface area (Å²) >= 11 is 0. The topological polar surface area (TPSA) is 70.9 Å². The van der Waals surface area contributed by atoms with E-state index >= 15 is 0 Å². The molecule has 0 heterocycles. The van der Waals surface area contributed by atoms with Crippen LogP contribution in [0.1, 0.15) is 33.5 Å². The first-order chi connectivity index (χ1) is 14.2. The first-order valence-electron chi connectivity index (χ1n) is 9.35. The quantitative estimate of drug-likeness (QED) is 0.699. The lowest BCUT2D eigenvalue weighted by atomic mass is 9.87. The summed E-state index contributed by atoms with van der Waals surface area (Å²) < 4.78 is 0. The molecule has 0 atom stereocenters. The molecule has 0 aromatic heterocycles. The zero-order valence-electron chi connectivity index (χ0n) is 15.7. The van der Waals surface area contributed by atoms with Crippen LogP contribution in [0.4, 0.5) is 0 Å². The average Bonchev–Trinajstić information content (AvgIpc) is 2.78. The number of benzene rings is 3. The second kappa shape index (κ2) is 8.44. The van der Waals surface area contributed by atoms with Crippen molar-refractivity contribution in [2.45, 2.75) is 13.0 Å². The molecule has 0 unspecified atom stereocenters. The van der Waals surface area contributed by atoms with Crippen LogP contribution < -0.4 is 5.43 Å². The van der Waals surface area contributed by atoms with Crippen molar-refractivity contribution in [1.82, 2.24) is 5.43 Å². The minimum Gasteiger partial charge on any atom is -0.292 e. The summed E-state index contributed by atoms with van der Waals surface area (Å²) in [6, 6.07) is 26.2.